The smallest absolute Gasteiger partial charge is 0.416 e. The van der Waals surface area contributed by atoms with Crippen molar-refractivity contribution >= 4 is 17.8 Å². The Balaban J connectivity index is 1.94. The van der Waals surface area contributed by atoms with Gasteiger partial charge in [-0.25, -0.2) is 9.59 Å². The summed E-state index contributed by atoms with van der Waals surface area (Å²) < 4.78 is 37.8. The number of hydrogen-bond acceptors (Lipinski definition) is 3. The Bertz CT molecular complexity index is 631. The van der Waals surface area contributed by atoms with Crippen molar-refractivity contribution < 1.29 is 27.9 Å². The molecule has 150 valence electrons. The molecule has 0 spiro atoms. The number of urea groups is 1. The second-order valence-corrected chi connectivity index (χ2v) is 6.27. The van der Waals surface area contributed by atoms with E-state index in [1.807, 2.05) is 0 Å². The summed E-state index contributed by atoms with van der Waals surface area (Å²) in [6.45, 7) is 3.20. The van der Waals surface area contributed by atoms with Gasteiger partial charge in [0.05, 0.1) is 5.56 Å². The third-order valence-electron chi connectivity index (χ3n) is 4.29. The lowest BCUT2D eigenvalue weighted by atomic mass is 10.2. The van der Waals surface area contributed by atoms with E-state index in [1.165, 1.54) is 17.0 Å². The monoisotopic (exact) mass is 388 g/mol. The van der Waals surface area contributed by atoms with Crippen molar-refractivity contribution in [2.24, 2.45) is 0 Å². The quantitative estimate of drug-likeness (QED) is 0.671. The van der Waals surface area contributed by atoms with Gasteiger partial charge in [0.25, 0.3) is 0 Å². The highest BCUT2D eigenvalue weighted by molar-refractivity contribution is 5.89. The summed E-state index contributed by atoms with van der Waals surface area (Å²) in [6.07, 6.45) is -3.40. The molecule has 1 aromatic rings. The van der Waals surface area contributed by atoms with E-state index in [4.69, 9.17) is 5.11 Å². The molecule has 1 aliphatic rings. The highest BCUT2D eigenvalue weighted by Gasteiger charge is 2.30. The fourth-order valence-corrected chi connectivity index (χ4v) is 2.83. The lowest BCUT2D eigenvalue weighted by Gasteiger charge is -2.25. The van der Waals surface area contributed by atoms with Gasteiger partial charge < -0.3 is 25.5 Å². The number of hydrogen-bond donors (Lipinski definition) is 3. The summed E-state index contributed by atoms with van der Waals surface area (Å²) in [5.74, 6) is 0. The van der Waals surface area contributed by atoms with Crippen molar-refractivity contribution in [3.63, 3.8) is 0 Å². The number of nitrogens with one attached hydrogen (secondary N) is 2. The Kier molecular flexibility index (Phi) is 7.28. The standard InChI is InChI=1S/C17H23F3N4O3/c18-17(19,20)13-3-5-14(6-4-13)22-15(25)24(10-7-21-16(26)27)12-11-23-8-1-2-9-23/h3-6,21H,1-2,7-12H2,(H,22,25)(H,26,27). The number of benzene rings is 1. The average Bonchev–Trinajstić information content (AvgIpc) is 3.10. The molecule has 3 amide bonds. The molecular formula is C17H23F3N4O3. The molecule has 0 unspecified atom stereocenters. The lowest BCUT2D eigenvalue weighted by Crippen LogP contribution is -2.44. The number of anilines is 1. The van der Waals surface area contributed by atoms with E-state index >= 15 is 0 Å². The van der Waals surface area contributed by atoms with Gasteiger partial charge >= 0.3 is 18.3 Å². The second kappa shape index (κ2) is 9.45. The molecule has 1 aromatic carbocycles. The van der Waals surface area contributed by atoms with Crippen molar-refractivity contribution in [3.8, 4) is 0 Å². The van der Waals surface area contributed by atoms with Gasteiger partial charge in [-0.3, -0.25) is 0 Å². The van der Waals surface area contributed by atoms with E-state index in [0.717, 1.165) is 38.1 Å². The first kappa shape index (κ1) is 20.8. The average molecular weight is 388 g/mol. The van der Waals surface area contributed by atoms with Crippen LogP contribution in [0.3, 0.4) is 0 Å². The van der Waals surface area contributed by atoms with Crippen molar-refractivity contribution in [2.45, 2.75) is 19.0 Å². The maximum atomic E-state index is 12.6. The Morgan fingerprint density at radius 1 is 1.11 bits per heavy atom. The molecule has 7 nitrogen and oxygen atoms in total. The van der Waals surface area contributed by atoms with E-state index < -0.39 is 23.9 Å². The molecule has 0 bridgehead atoms. The Hall–Kier alpha value is -2.49. The molecule has 0 aliphatic carbocycles. The maximum Gasteiger partial charge on any atom is 0.416 e. The number of carbonyl (C=O) groups excluding carboxylic acids is 1. The predicted octanol–water partition coefficient (Wildman–Crippen LogP) is 2.90. The van der Waals surface area contributed by atoms with Gasteiger partial charge in [-0.05, 0) is 50.2 Å². The Labute approximate surface area is 155 Å². The first-order valence-corrected chi connectivity index (χ1v) is 8.68. The molecular weight excluding hydrogens is 365 g/mol. The number of nitrogens with zero attached hydrogens (tertiary/aromatic N) is 2. The molecule has 0 saturated carbocycles. The van der Waals surface area contributed by atoms with E-state index in [0.29, 0.717) is 13.1 Å². The second-order valence-electron chi connectivity index (χ2n) is 6.27. The minimum atomic E-state index is -4.44. The third kappa shape index (κ3) is 6.97. The van der Waals surface area contributed by atoms with Crippen LogP contribution in [0.25, 0.3) is 0 Å². The third-order valence-corrected chi connectivity index (χ3v) is 4.29. The van der Waals surface area contributed by atoms with Gasteiger partial charge in [0.1, 0.15) is 0 Å². The zero-order valence-corrected chi connectivity index (χ0v) is 14.8. The van der Waals surface area contributed by atoms with Crippen molar-refractivity contribution in [3.05, 3.63) is 29.8 Å². The van der Waals surface area contributed by atoms with E-state index in [1.54, 1.807) is 0 Å². The van der Waals surface area contributed by atoms with Crippen LogP contribution in [0.1, 0.15) is 18.4 Å². The normalized spacial score (nSPS) is 14.8. The molecule has 2 rings (SSSR count). The van der Waals surface area contributed by atoms with Crippen molar-refractivity contribution in [2.75, 3.05) is 44.6 Å². The van der Waals surface area contributed by atoms with E-state index in [-0.39, 0.29) is 18.8 Å². The van der Waals surface area contributed by atoms with Gasteiger partial charge in [-0.2, -0.15) is 13.2 Å². The van der Waals surface area contributed by atoms with Crippen LogP contribution in [0.15, 0.2) is 24.3 Å². The fourth-order valence-electron chi connectivity index (χ4n) is 2.83. The molecule has 1 fully saturated rings. The molecule has 27 heavy (non-hydrogen) atoms. The number of likely N-dealkylation sites (tertiary alicyclic amines) is 1. The minimum Gasteiger partial charge on any atom is -0.465 e. The summed E-state index contributed by atoms with van der Waals surface area (Å²) in [5.41, 5.74) is -0.553. The topological polar surface area (TPSA) is 84.9 Å². The maximum absolute atomic E-state index is 12.6. The predicted molar refractivity (Wildman–Crippen MR) is 93.7 cm³/mol. The SMILES string of the molecule is O=C(O)NCCN(CCN1CCCC1)C(=O)Nc1ccc(C(F)(F)F)cc1. The largest absolute Gasteiger partial charge is 0.465 e. The summed E-state index contributed by atoms with van der Waals surface area (Å²) in [6, 6.07) is 3.69. The summed E-state index contributed by atoms with van der Waals surface area (Å²) in [7, 11) is 0. The number of rotatable bonds is 7. The van der Waals surface area contributed by atoms with Crippen LogP contribution in [0, 0.1) is 0 Å². The number of amides is 3. The van der Waals surface area contributed by atoms with Gasteiger partial charge in [-0.15, -0.1) is 0 Å². The van der Waals surface area contributed by atoms with Crippen LogP contribution in [0.2, 0.25) is 0 Å². The van der Waals surface area contributed by atoms with Crippen LogP contribution < -0.4 is 10.6 Å². The number of alkyl halides is 3. The number of carboxylic acid groups (broad SMARTS) is 1. The number of carbonyl (C=O) groups is 2. The zero-order valence-electron chi connectivity index (χ0n) is 14.8. The van der Waals surface area contributed by atoms with E-state index in [9.17, 15) is 22.8 Å². The van der Waals surface area contributed by atoms with Crippen LogP contribution in [-0.2, 0) is 6.18 Å². The Morgan fingerprint density at radius 2 is 1.74 bits per heavy atom. The summed E-state index contributed by atoms with van der Waals surface area (Å²) in [4.78, 5) is 26.7. The van der Waals surface area contributed by atoms with Gasteiger partial charge in [0.2, 0.25) is 0 Å². The summed E-state index contributed by atoms with van der Waals surface area (Å²) in [5, 5.41) is 13.4. The van der Waals surface area contributed by atoms with Crippen LogP contribution >= 0.6 is 0 Å². The first-order chi connectivity index (χ1) is 12.8. The fraction of sp³-hybridized carbons (Fsp3) is 0.529. The van der Waals surface area contributed by atoms with Crippen molar-refractivity contribution in [1.82, 2.24) is 15.1 Å². The molecule has 0 radical (unpaired) electrons. The zero-order chi connectivity index (χ0) is 19.9. The highest BCUT2D eigenvalue weighted by atomic mass is 19.4. The van der Waals surface area contributed by atoms with Gasteiger partial charge in [0, 0.05) is 31.9 Å². The summed E-state index contributed by atoms with van der Waals surface area (Å²) >= 11 is 0. The molecule has 3 N–H and O–H groups in total. The van der Waals surface area contributed by atoms with Crippen LogP contribution in [0.5, 0.6) is 0 Å². The lowest BCUT2D eigenvalue weighted by molar-refractivity contribution is -0.137. The van der Waals surface area contributed by atoms with Crippen LogP contribution in [0.4, 0.5) is 28.4 Å². The molecule has 1 aliphatic heterocycles. The molecule has 10 heteroatoms. The molecule has 1 saturated heterocycles. The number of halogens is 3. The highest BCUT2D eigenvalue weighted by Crippen LogP contribution is 2.29. The van der Waals surface area contributed by atoms with Gasteiger partial charge in [0.15, 0.2) is 0 Å². The first-order valence-electron chi connectivity index (χ1n) is 8.68. The molecule has 0 aromatic heterocycles. The van der Waals surface area contributed by atoms with E-state index in [2.05, 4.69) is 15.5 Å². The molecule has 1 heterocycles. The minimum absolute atomic E-state index is 0.0652. The van der Waals surface area contributed by atoms with Crippen LogP contribution in [-0.4, -0.2) is 66.3 Å². The molecule has 0 atom stereocenters. The Morgan fingerprint density at radius 3 is 2.30 bits per heavy atom. The van der Waals surface area contributed by atoms with Gasteiger partial charge in [-0.1, -0.05) is 0 Å². The van der Waals surface area contributed by atoms with Crippen molar-refractivity contribution in [1.29, 1.82) is 0 Å².